The second-order valence-corrected chi connectivity index (χ2v) is 10.2. The summed E-state index contributed by atoms with van der Waals surface area (Å²) < 4.78 is 0. The van der Waals surface area contributed by atoms with Gasteiger partial charge in [0.25, 0.3) is 0 Å². The molecule has 7 aromatic carbocycles. The minimum absolute atomic E-state index is 0.906. The third kappa shape index (κ3) is 3.35. The summed E-state index contributed by atoms with van der Waals surface area (Å²) in [6, 6.07) is 40.8. The van der Waals surface area contributed by atoms with E-state index in [0.29, 0.717) is 0 Å². The number of hydrogen-bond donors (Lipinski definition) is 0. The van der Waals surface area contributed by atoms with Crippen molar-refractivity contribution in [1.29, 1.82) is 0 Å². The van der Waals surface area contributed by atoms with Crippen LogP contribution in [0.5, 0.6) is 0 Å². The maximum absolute atomic E-state index is 5.19. The highest BCUT2D eigenvalue weighted by molar-refractivity contribution is 6.23. The van der Waals surface area contributed by atoms with Crippen LogP contribution < -0.4 is 0 Å². The molecule has 0 aliphatic heterocycles. The van der Waals surface area contributed by atoms with Gasteiger partial charge in [0.15, 0.2) is 0 Å². The summed E-state index contributed by atoms with van der Waals surface area (Å²) in [5, 5.41) is 9.85. The van der Waals surface area contributed by atoms with Gasteiger partial charge >= 0.3 is 0 Å². The van der Waals surface area contributed by atoms with Crippen LogP contribution in [-0.4, -0.2) is 9.97 Å². The lowest BCUT2D eigenvalue weighted by Crippen LogP contribution is -1.92. The van der Waals surface area contributed by atoms with Crippen molar-refractivity contribution in [3.05, 3.63) is 132 Å². The quantitative estimate of drug-likeness (QED) is 0.135. The van der Waals surface area contributed by atoms with Crippen LogP contribution in [0.15, 0.2) is 115 Å². The molecule has 0 saturated carbocycles. The Morgan fingerprint density at radius 2 is 0.897 bits per heavy atom. The first-order valence-corrected chi connectivity index (χ1v) is 13.4. The average Bonchev–Trinajstić information content (AvgIpc) is 3.00. The lowest BCUT2D eigenvalue weighted by atomic mass is 9.92. The molecule has 0 spiro atoms. The van der Waals surface area contributed by atoms with Crippen molar-refractivity contribution in [2.75, 3.05) is 0 Å². The fraction of sp³-hybridized carbons (Fsp3) is 0.0270. The zero-order chi connectivity index (χ0) is 25.9. The maximum Gasteiger partial charge on any atom is 0.0979 e. The zero-order valence-corrected chi connectivity index (χ0v) is 21.5. The second-order valence-electron chi connectivity index (χ2n) is 10.2. The topological polar surface area (TPSA) is 25.8 Å². The molecule has 0 unspecified atom stereocenters. The number of aryl methyl sites for hydroxylation is 1. The smallest absolute Gasteiger partial charge is 0.0979 e. The number of aromatic nitrogens is 2. The van der Waals surface area contributed by atoms with Gasteiger partial charge in [-0.15, -0.1) is 0 Å². The van der Waals surface area contributed by atoms with E-state index in [9.17, 15) is 0 Å². The SMILES string of the molecule is Cc1c2ccccc2c(/C=C/c2ccc3nc4c5ccccc5c5ccccc5c4nc3c2)c2ccccc12. The Kier molecular flexibility index (Phi) is 4.77. The first kappa shape index (κ1) is 22.0. The number of hydrogen-bond acceptors (Lipinski definition) is 2. The van der Waals surface area contributed by atoms with E-state index in [1.807, 2.05) is 0 Å². The Labute approximate surface area is 225 Å². The molecule has 0 saturated heterocycles. The van der Waals surface area contributed by atoms with E-state index in [1.54, 1.807) is 0 Å². The fourth-order valence-corrected chi connectivity index (χ4v) is 6.14. The molecule has 2 heteroatoms. The summed E-state index contributed by atoms with van der Waals surface area (Å²) in [5.74, 6) is 0. The third-order valence-electron chi connectivity index (χ3n) is 8.03. The minimum Gasteiger partial charge on any atom is -0.244 e. The number of nitrogens with zero attached hydrogens (tertiary/aromatic N) is 2. The van der Waals surface area contributed by atoms with Crippen molar-refractivity contribution in [3.63, 3.8) is 0 Å². The van der Waals surface area contributed by atoms with Crippen LogP contribution in [0.2, 0.25) is 0 Å². The highest BCUT2D eigenvalue weighted by atomic mass is 14.8. The van der Waals surface area contributed by atoms with E-state index in [1.165, 1.54) is 43.4 Å². The van der Waals surface area contributed by atoms with E-state index in [0.717, 1.165) is 38.4 Å². The van der Waals surface area contributed by atoms with Gasteiger partial charge in [-0.3, -0.25) is 0 Å². The molecule has 0 radical (unpaired) electrons. The van der Waals surface area contributed by atoms with Crippen LogP contribution in [0.1, 0.15) is 16.7 Å². The molecular weight excluding hydrogens is 472 g/mol. The molecule has 1 heterocycles. The molecule has 182 valence electrons. The lowest BCUT2D eigenvalue weighted by molar-refractivity contribution is 1.41. The molecule has 0 amide bonds. The van der Waals surface area contributed by atoms with Crippen LogP contribution in [-0.2, 0) is 0 Å². The normalized spacial score (nSPS) is 12.1. The van der Waals surface area contributed by atoms with Crippen molar-refractivity contribution in [1.82, 2.24) is 9.97 Å². The van der Waals surface area contributed by atoms with Gasteiger partial charge in [0, 0.05) is 10.8 Å². The number of rotatable bonds is 2. The van der Waals surface area contributed by atoms with E-state index < -0.39 is 0 Å². The molecule has 0 bridgehead atoms. The summed E-state index contributed by atoms with van der Waals surface area (Å²) in [6.45, 7) is 2.22. The molecule has 0 atom stereocenters. The van der Waals surface area contributed by atoms with E-state index >= 15 is 0 Å². The third-order valence-corrected chi connectivity index (χ3v) is 8.03. The largest absolute Gasteiger partial charge is 0.244 e. The van der Waals surface area contributed by atoms with Crippen LogP contribution >= 0.6 is 0 Å². The van der Waals surface area contributed by atoms with Crippen molar-refractivity contribution < 1.29 is 0 Å². The van der Waals surface area contributed by atoms with Gasteiger partial charge in [-0.25, -0.2) is 9.97 Å². The second kappa shape index (κ2) is 8.47. The van der Waals surface area contributed by atoms with Gasteiger partial charge in [-0.1, -0.05) is 115 Å². The summed E-state index contributed by atoms with van der Waals surface area (Å²) in [4.78, 5) is 10.3. The summed E-state index contributed by atoms with van der Waals surface area (Å²) in [7, 11) is 0. The molecule has 8 rings (SSSR count). The predicted octanol–water partition coefficient (Wildman–Crippen LogP) is 9.87. The van der Waals surface area contributed by atoms with Crippen LogP contribution in [0.4, 0.5) is 0 Å². The van der Waals surface area contributed by atoms with Gasteiger partial charge in [0.2, 0.25) is 0 Å². The van der Waals surface area contributed by atoms with Crippen LogP contribution in [0, 0.1) is 6.92 Å². The Bertz CT molecular complexity index is 2240. The fourth-order valence-electron chi connectivity index (χ4n) is 6.14. The summed E-state index contributed by atoms with van der Waals surface area (Å²) in [6.07, 6.45) is 4.45. The van der Waals surface area contributed by atoms with E-state index in [4.69, 9.17) is 9.97 Å². The number of benzene rings is 7. The first-order valence-electron chi connectivity index (χ1n) is 13.4. The Morgan fingerprint density at radius 3 is 1.46 bits per heavy atom. The van der Waals surface area contributed by atoms with Crippen LogP contribution in [0.3, 0.4) is 0 Å². The molecule has 0 aliphatic rings. The van der Waals surface area contributed by atoms with E-state index in [-0.39, 0.29) is 0 Å². The summed E-state index contributed by atoms with van der Waals surface area (Å²) in [5.41, 5.74) is 7.40. The Hall–Kier alpha value is -5.08. The molecule has 0 aliphatic carbocycles. The average molecular weight is 497 g/mol. The highest BCUT2D eigenvalue weighted by Crippen LogP contribution is 2.35. The molecule has 0 fully saturated rings. The van der Waals surface area contributed by atoms with Crippen LogP contribution in [0.25, 0.3) is 77.3 Å². The Balaban J connectivity index is 1.34. The van der Waals surface area contributed by atoms with Gasteiger partial charge in [0.05, 0.1) is 22.1 Å². The van der Waals surface area contributed by atoms with Gasteiger partial charge in [-0.05, 0) is 68.1 Å². The van der Waals surface area contributed by atoms with Crippen molar-refractivity contribution in [2.24, 2.45) is 0 Å². The lowest BCUT2D eigenvalue weighted by Gasteiger charge is -2.12. The maximum atomic E-state index is 5.19. The van der Waals surface area contributed by atoms with E-state index in [2.05, 4.69) is 134 Å². The van der Waals surface area contributed by atoms with Crippen molar-refractivity contribution in [2.45, 2.75) is 6.92 Å². The molecule has 39 heavy (non-hydrogen) atoms. The first-order chi connectivity index (χ1) is 19.3. The summed E-state index contributed by atoms with van der Waals surface area (Å²) >= 11 is 0. The van der Waals surface area contributed by atoms with Gasteiger partial charge in [-0.2, -0.15) is 0 Å². The molecular formula is C37H24N2. The molecule has 2 nitrogen and oxygen atoms in total. The monoisotopic (exact) mass is 496 g/mol. The number of fused-ring (bicyclic) bond motifs is 9. The minimum atomic E-state index is 0.906. The Morgan fingerprint density at radius 1 is 0.436 bits per heavy atom. The molecule has 0 N–H and O–H groups in total. The zero-order valence-electron chi connectivity index (χ0n) is 21.5. The predicted molar refractivity (Wildman–Crippen MR) is 167 cm³/mol. The van der Waals surface area contributed by atoms with Gasteiger partial charge in [0.1, 0.15) is 0 Å². The molecule has 8 aromatic rings. The van der Waals surface area contributed by atoms with Gasteiger partial charge < -0.3 is 0 Å². The molecule has 1 aromatic heterocycles. The standard InChI is InChI=1S/C37H24N2/c1-23-25-10-2-4-12-27(25)31(28-13-5-3-11-26(23)28)20-18-24-19-21-34-35(22-24)39-37-33-17-9-7-15-30(33)29-14-6-8-16-32(29)36(37)38-34/h2-22H,1H3/b20-18+. The van der Waals surface area contributed by atoms with Crippen molar-refractivity contribution >= 4 is 77.3 Å². The highest BCUT2D eigenvalue weighted by Gasteiger charge is 2.12. The van der Waals surface area contributed by atoms with Crippen molar-refractivity contribution in [3.8, 4) is 0 Å².